The van der Waals surface area contributed by atoms with Crippen molar-refractivity contribution in [3.8, 4) is 17.2 Å². The van der Waals surface area contributed by atoms with Gasteiger partial charge in [-0.3, -0.25) is 14.4 Å². The van der Waals surface area contributed by atoms with Crippen LogP contribution in [0.3, 0.4) is 0 Å². The second-order valence-corrected chi connectivity index (χ2v) is 9.63. The van der Waals surface area contributed by atoms with Crippen molar-refractivity contribution in [2.24, 2.45) is 0 Å². The molecular formula is C28H27N3O6. The van der Waals surface area contributed by atoms with E-state index in [1.54, 1.807) is 13.8 Å². The number of nitrogens with zero attached hydrogens (tertiary/aromatic N) is 1. The molecule has 0 saturated carbocycles. The molecule has 2 aliphatic rings. The van der Waals surface area contributed by atoms with E-state index in [0.29, 0.717) is 17.9 Å². The number of aromatic nitrogens is 2. The van der Waals surface area contributed by atoms with Gasteiger partial charge in [-0.25, -0.2) is 4.98 Å². The van der Waals surface area contributed by atoms with Crippen molar-refractivity contribution in [1.82, 2.24) is 15.3 Å². The summed E-state index contributed by atoms with van der Waals surface area (Å²) in [6.07, 6.45) is 1.83. The molecular weight excluding hydrogens is 474 g/mol. The number of hydrogen-bond donors (Lipinski definition) is 4. The molecule has 2 atom stereocenters. The number of para-hydroxylation sites is 2. The van der Waals surface area contributed by atoms with E-state index in [1.807, 2.05) is 31.2 Å². The molecule has 0 spiro atoms. The number of ether oxygens (including phenoxy) is 1. The van der Waals surface area contributed by atoms with Crippen LogP contribution in [0.15, 0.2) is 47.4 Å². The van der Waals surface area contributed by atoms with Crippen LogP contribution in [0.1, 0.15) is 67.5 Å². The van der Waals surface area contributed by atoms with Crippen molar-refractivity contribution >= 4 is 28.4 Å². The van der Waals surface area contributed by atoms with Crippen molar-refractivity contribution in [2.45, 2.75) is 52.5 Å². The minimum absolute atomic E-state index is 0.00109. The number of allylic oxidation sites excluding steroid dienone is 4. The maximum atomic E-state index is 14.0. The molecule has 3 aromatic rings. The summed E-state index contributed by atoms with van der Waals surface area (Å²) >= 11 is 0. The molecule has 0 radical (unpaired) electrons. The Balaban J connectivity index is 1.61. The van der Waals surface area contributed by atoms with Gasteiger partial charge in [0.25, 0.3) is 0 Å². The number of rotatable bonds is 5. The highest BCUT2D eigenvalue weighted by Crippen LogP contribution is 2.57. The summed E-state index contributed by atoms with van der Waals surface area (Å²) < 4.78 is 5.82. The number of nitrogens with one attached hydrogen (secondary N) is 2. The second-order valence-electron chi connectivity index (χ2n) is 9.63. The molecule has 1 aromatic heterocycles. The highest BCUT2D eigenvalue weighted by atomic mass is 16.5. The number of carbonyl (C=O) groups is 3. The van der Waals surface area contributed by atoms with Crippen LogP contribution in [-0.2, 0) is 15.0 Å². The van der Waals surface area contributed by atoms with E-state index < -0.39 is 28.5 Å². The third-order valence-electron chi connectivity index (χ3n) is 7.30. The van der Waals surface area contributed by atoms with Crippen LogP contribution in [0.2, 0.25) is 0 Å². The van der Waals surface area contributed by atoms with Gasteiger partial charge >= 0.3 is 0 Å². The molecule has 0 fully saturated rings. The average molecular weight is 502 g/mol. The van der Waals surface area contributed by atoms with E-state index in [2.05, 4.69) is 15.3 Å². The van der Waals surface area contributed by atoms with Crippen LogP contribution in [0.25, 0.3) is 11.0 Å². The Hall–Kier alpha value is -4.40. The predicted octanol–water partition coefficient (Wildman–Crippen LogP) is 4.19. The number of H-pyrrole nitrogens is 1. The van der Waals surface area contributed by atoms with Crippen LogP contribution >= 0.6 is 0 Å². The van der Waals surface area contributed by atoms with Gasteiger partial charge < -0.3 is 25.3 Å². The van der Waals surface area contributed by atoms with Gasteiger partial charge in [0, 0.05) is 17.3 Å². The summed E-state index contributed by atoms with van der Waals surface area (Å²) in [5, 5.41) is 24.8. The van der Waals surface area contributed by atoms with Gasteiger partial charge in [0.15, 0.2) is 17.3 Å². The second kappa shape index (κ2) is 8.33. The van der Waals surface area contributed by atoms with Gasteiger partial charge in [-0.1, -0.05) is 19.1 Å². The smallest absolute Gasteiger partial charge is 0.194 e. The number of benzene rings is 2. The summed E-state index contributed by atoms with van der Waals surface area (Å²) in [5.41, 5.74) is 0.378. The zero-order chi connectivity index (χ0) is 26.8. The molecule has 0 saturated heterocycles. The Bertz CT molecular complexity index is 1560. The van der Waals surface area contributed by atoms with E-state index in [9.17, 15) is 24.6 Å². The minimum atomic E-state index is -1.56. The van der Waals surface area contributed by atoms with E-state index in [4.69, 9.17) is 4.74 Å². The van der Waals surface area contributed by atoms with Gasteiger partial charge in [-0.15, -0.1) is 0 Å². The summed E-state index contributed by atoms with van der Waals surface area (Å²) in [6, 6.07) is 7.32. The molecule has 0 bridgehead atoms. The molecule has 9 heteroatoms. The van der Waals surface area contributed by atoms with Gasteiger partial charge in [-0.2, -0.15) is 0 Å². The van der Waals surface area contributed by atoms with Crippen LogP contribution in [0, 0.1) is 6.92 Å². The number of imidazole rings is 1. The first-order valence-corrected chi connectivity index (χ1v) is 12.0. The molecule has 5 rings (SSSR count). The van der Waals surface area contributed by atoms with Crippen LogP contribution in [0.4, 0.5) is 0 Å². The lowest BCUT2D eigenvalue weighted by molar-refractivity contribution is -0.123. The van der Waals surface area contributed by atoms with Crippen LogP contribution in [-0.4, -0.2) is 37.5 Å². The lowest BCUT2D eigenvalue weighted by Gasteiger charge is -2.29. The number of carbonyl (C=O) groups excluding carboxylic acids is 3. The van der Waals surface area contributed by atoms with Gasteiger partial charge in [0.2, 0.25) is 0 Å². The maximum Gasteiger partial charge on any atom is 0.194 e. The van der Waals surface area contributed by atoms with E-state index >= 15 is 0 Å². The zero-order valence-corrected chi connectivity index (χ0v) is 21.1. The Kier molecular flexibility index (Phi) is 5.47. The number of ketones is 3. The SMILES string of the molecule is CCC(NC(C)=C1C(=O)C=C2Oc3c(C(C)=O)c(O)c(C)c(O)c3[C@@]2(C)C1=O)c1nc2ccccc2[nH]1. The molecule has 9 nitrogen and oxygen atoms in total. The minimum Gasteiger partial charge on any atom is -0.507 e. The first kappa shape index (κ1) is 24.3. The fourth-order valence-corrected chi connectivity index (χ4v) is 5.20. The topological polar surface area (TPSA) is 142 Å². The first-order valence-electron chi connectivity index (χ1n) is 12.0. The summed E-state index contributed by atoms with van der Waals surface area (Å²) in [5.74, 6) is -1.84. The van der Waals surface area contributed by atoms with Crippen molar-refractivity contribution in [3.63, 3.8) is 0 Å². The van der Waals surface area contributed by atoms with Gasteiger partial charge in [-0.05, 0) is 46.2 Å². The number of fused-ring (bicyclic) bond motifs is 4. The Labute approximate surface area is 212 Å². The third-order valence-corrected chi connectivity index (χ3v) is 7.30. The standard InChI is InChI=1S/C28H27N3O6/c1-6-15(27-30-16-9-7-8-10-17(16)31-27)29-13(3)20-18(33)11-19-28(5,26(20)36)22-24(35)12(2)23(34)21(14(4)32)25(22)37-19/h7-11,15,29,34-35H,6H2,1-5H3,(H,30,31)/t15?,28-/m0/s1. The lowest BCUT2D eigenvalue weighted by Crippen LogP contribution is -2.41. The molecule has 2 heterocycles. The molecule has 4 N–H and O–H groups in total. The average Bonchev–Trinajstić information content (AvgIpc) is 3.40. The molecule has 1 aliphatic heterocycles. The van der Waals surface area contributed by atoms with E-state index in [0.717, 1.165) is 11.0 Å². The number of phenolic OH excluding ortho intramolecular Hbond substituents is 2. The summed E-state index contributed by atoms with van der Waals surface area (Å²) in [6.45, 7) is 7.86. The highest BCUT2D eigenvalue weighted by molar-refractivity contribution is 6.31. The Morgan fingerprint density at radius 3 is 2.54 bits per heavy atom. The van der Waals surface area contributed by atoms with Crippen molar-refractivity contribution in [3.05, 3.63) is 69.9 Å². The molecule has 2 aromatic carbocycles. The van der Waals surface area contributed by atoms with Gasteiger partial charge in [0.1, 0.15) is 39.8 Å². The molecule has 1 unspecified atom stereocenters. The maximum absolute atomic E-state index is 14.0. The summed E-state index contributed by atoms with van der Waals surface area (Å²) in [7, 11) is 0. The Morgan fingerprint density at radius 1 is 1.19 bits per heavy atom. The largest absolute Gasteiger partial charge is 0.507 e. The van der Waals surface area contributed by atoms with E-state index in [1.165, 1.54) is 19.9 Å². The normalized spacial score (nSPS) is 20.7. The fourth-order valence-electron chi connectivity index (χ4n) is 5.20. The molecule has 37 heavy (non-hydrogen) atoms. The number of aromatic amines is 1. The zero-order valence-electron chi connectivity index (χ0n) is 21.1. The Morgan fingerprint density at radius 2 is 1.89 bits per heavy atom. The van der Waals surface area contributed by atoms with Crippen molar-refractivity contribution < 1.29 is 29.3 Å². The van der Waals surface area contributed by atoms with Crippen LogP contribution in [0.5, 0.6) is 17.2 Å². The number of aromatic hydroxyl groups is 2. The van der Waals surface area contributed by atoms with Crippen molar-refractivity contribution in [1.29, 1.82) is 0 Å². The molecule has 0 amide bonds. The third kappa shape index (κ3) is 3.37. The molecule has 1 aliphatic carbocycles. The lowest BCUT2D eigenvalue weighted by atomic mass is 9.70. The number of phenols is 2. The van der Waals surface area contributed by atoms with E-state index in [-0.39, 0.29) is 45.6 Å². The van der Waals surface area contributed by atoms with Crippen molar-refractivity contribution in [2.75, 3.05) is 0 Å². The quantitative estimate of drug-likeness (QED) is 0.232. The summed E-state index contributed by atoms with van der Waals surface area (Å²) in [4.78, 5) is 47.5. The number of hydrogen-bond acceptors (Lipinski definition) is 8. The molecule has 190 valence electrons. The fraction of sp³-hybridized carbons (Fsp3) is 0.286. The first-order chi connectivity index (χ1) is 17.5. The number of Topliss-reactive ketones (excluding diaryl/α,β-unsaturated/α-hetero) is 2. The van der Waals surface area contributed by atoms with Crippen LogP contribution < -0.4 is 10.1 Å². The van der Waals surface area contributed by atoms with Gasteiger partial charge in [0.05, 0.1) is 28.2 Å². The monoisotopic (exact) mass is 501 g/mol. The highest BCUT2D eigenvalue weighted by Gasteiger charge is 2.56. The predicted molar refractivity (Wildman–Crippen MR) is 136 cm³/mol.